The molecule has 21 heavy (non-hydrogen) atoms. The molecule has 0 aromatic heterocycles. The van der Waals surface area contributed by atoms with Crippen molar-refractivity contribution in [2.75, 3.05) is 19.6 Å². The Bertz CT molecular complexity index is 480. The summed E-state index contributed by atoms with van der Waals surface area (Å²) in [4.78, 5) is 2.15. The van der Waals surface area contributed by atoms with Crippen LogP contribution in [0, 0.1) is 17.6 Å². The first-order chi connectivity index (χ1) is 9.97. The Morgan fingerprint density at radius 1 is 1.38 bits per heavy atom. The van der Waals surface area contributed by atoms with Gasteiger partial charge in [-0.05, 0) is 59.9 Å². The van der Waals surface area contributed by atoms with Crippen molar-refractivity contribution in [2.24, 2.45) is 5.92 Å². The average Bonchev–Trinajstić information content (AvgIpc) is 2.64. The molecule has 1 heterocycles. The maximum Gasteiger partial charge on any atom is 0.144 e. The lowest BCUT2D eigenvalue weighted by Gasteiger charge is -2.26. The molecule has 1 aromatic rings. The highest BCUT2D eigenvalue weighted by Gasteiger charge is 2.21. The number of rotatable bonds is 4. The van der Waals surface area contributed by atoms with Crippen LogP contribution in [0.2, 0.25) is 0 Å². The average molecular weight is 361 g/mol. The summed E-state index contributed by atoms with van der Waals surface area (Å²) >= 11 is 3.13. The van der Waals surface area contributed by atoms with Crippen LogP contribution in [0.3, 0.4) is 0 Å². The van der Waals surface area contributed by atoms with E-state index in [0.29, 0.717) is 23.0 Å². The number of hydrogen-bond acceptors (Lipinski definition) is 2. The van der Waals surface area contributed by atoms with Gasteiger partial charge in [-0.3, -0.25) is 4.90 Å². The summed E-state index contributed by atoms with van der Waals surface area (Å²) in [6.07, 6.45) is 2.09. The van der Waals surface area contributed by atoms with E-state index in [1.807, 2.05) is 0 Å². The van der Waals surface area contributed by atoms with Crippen molar-refractivity contribution in [1.29, 1.82) is 0 Å². The predicted molar refractivity (Wildman–Crippen MR) is 85.2 cm³/mol. The SMILES string of the molecule is CC(C)CC1CN(Cc2c(F)ccc(Br)c2F)CCCN1. The van der Waals surface area contributed by atoms with E-state index in [0.717, 1.165) is 32.5 Å². The number of nitrogens with zero attached hydrogens (tertiary/aromatic N) is 1. The minimum atomic E-state index is -0.479. The Labute approximate surface area is 134 Å². The van der Waals surface area contributed by atoms with E-state index < -0.39 is 11.6 Å². The third-order valence-electron chi connectivity index (χ3n) is 3.84. The lowest BCUT2D eigenvalue weighted by Crippen LogP contribution is -2.38. The largest absolute Gasteiger partial charge is 0.313 e. The molecule has 1 aromatic carbocycles. The summed E-state index contributed by atoms with van der Waals surface area (Å²) in [5.41, 5.74) is 0.162. The zero-order chi connectivity index (χ0) is 15.4. The summed E-state index contributed by atoms with van der Waals surface area (Å²) < 4.78 is 28.3. The summed E-state index contributed by atoms with van der Waals surface area (Å²) in [5, 5.41) is 3.53. The Morgan fingerprint density at radius 3 is 2.86 bits per heavy atom. The van der Waals surface area contributed by atoms with Crippen LogP contribution >= 0.6 is 15.9 Å². The fraction of sp³-hybridized carbons (Fsp3) is 0.625. The van der Waals surface area contributed by atoms with Crippen molar-refractivity contribution >= 4 is 15.9 Å². The molecule has 2 rings (SSSR count). The van der Waals surface area contributed by atoms with Gasteiger partial charge in [0.1, 0.15) is 11.6 Å². The minimum Gasteiger partial charge on any atom is -0.313 e. The van der Waals surface area contributed by atoms with Crippen LogP contribution in [0.15, 0.2) is 16.6 Å². The second-order valence-corrected chi connectivity index (χ2v) is 7.05. The van der Waals surface area contributed by atoms with Gasteiger partial charge in [-0.15, -0.1) is 0 Å². The van der Waals surface area contributed by atoms with Crippen molar-refractivity contribution in [3.05, 3.63) is 33.8 Å². The summed E-state index contributed by atoms with van der Waals surface area (Å²) in [6.45, 7) is 7.40. The van der Waals surface area contributed by atoms with E-state index in [4.69, 9.17) is 0 Å². The normalized spacial score (nSPS) is 20.8. The minimum absolute atomic E-state index is 0.162. The zero-order valence-electron chi connectivity index (χ0n) is 12.6. The van der Waals surface area contributed by atoms with Gasteiger partial charge in [-0.2, -0.15) is 0 Å². The van der Waals surface area contributed by atoms with Crippen LogP contribution in [0.5, 0.6) is 0 Å². The Hall–Kier alpha value is -0.520. The van der Waals surface area contributed by atoms with Gasteiger partial charge in [0, 0.05) is 24.7 Å². The molecule has 0 bridgehead atoms. The van der Waals surface area contributed by atoms with Gasteiger partial charge < -0.3 is 5.32 Å². The first-order valence-electron chi connectivity index (χ1n) is 7.55. The fourth-order valence-electron chi connectivity index (χ4n) is 2.88. The van der Waals surface area contributed by atoms with E-state index in [2.05, 4.69) is 40.0 Å². The number of hydrogen-bond donors (Lipinski definition) is 1. The lowest BCUT2D eigenvalue weighted by atomic mass is 10.0. The lowest BCUT2D eigenvalue weighted by molar-refractivity contribution is 0.241. The molecule has 1 N–H and O–H groups in total. The Morgan fingerprint density at radius 2 is 2.14 bits per heavy atom. The first-order valence-corrected chi connectivity index (χ1v) is 8.34. The second-order valence-electron chi connectivity index (χ2n) is 6.19. The molecule has 118 valence electrons. The Balaban J connectivity index is 2.09. The fourth-order valence-corrected chi connectivity index (χ4v) is 3.26. The van der Waals surface area contributed by atoms with Gasteiger partial charge in [0.2, 0.25) is 0 Å². The van der Waals surface area contributed by atoms with Crippen LogP contribution in [-0.2, 0) is 6.54 Å². The van der Waals surface area contributed by atoms with Gasteiger partial charge in [0.15, 0.2) is 0 Å². The predicted octanol–water partition coefficient (Wildman–Crippen LogP) is 3.94. The molecule has 1 unspecified atom stereocenters. The van der Waals surface area contributed by atoms with Gasteiger partial charge in [-0.1, -0.05) is 13.8 Å². The molecule has 0 spiro atoms. The maximum atomic E-state index is 14.1. The molecule has 1 fully saturated rings. The molecule has 1 aliphatic rings. The second kappa shape index (κ2) is 7.65. The van der Waals surface area contributed by atoms with Gasteiger partial charge in [0.25, 0.3) is 0 Å². The van der Waals surface area contributed by atoms with Crippen LogP contribution in [0.4, 0.5) is 8.78 Å². The monoisotopic (exact) mass is 360 g/mol. The Kier molecular flexibility index (Phi) is 6.14. The first kappa shape index (κ1) is 16.8. The molecule has 5 heteroatoms. The van der Waals surface area contributed by atoms with E-state index in [-0.39, 0.29) is 5.56 Å². The van der Waals surface area contributed by atoms with E-state index in [1.54, 1.807) is 0 Å². The third-order valence-corrected chi connectivity index (χ3v) is 4.45. The highest BCUT2D eigenvalue weighted by Crippen LogP contribution is 2.23. The maximum absolute atomic E-state index is 14.1. The van der Waals surface area contributed by atoms with Crippen molar-refractivity contribution in [3.63, 3.8) is 0 Å². The van der Waals surface area contributed by atoms with E-state index in [1.165, 1.54) is 12.1 Å². The van der Waals surface area contributed by atoms with Gasteiger partial charge >= 0.3 is 0 Å². The van der Waals surface area contributed by atoms with Gasteiger partial charge in [-0.25, -0.2) is 8.78 Å². The number of nitrogens with one attached hydrogen (secondary N) is 1. The molecule has 0 aliphatic carbocycles. The summed E-state index contributed by atoms with van der Waals surface area (Å²) in [6, 6.07) is 3.13. The molecule has 0 radical (unpaired) electrons. The van der Waals surface area contributed by atoms with Crippen LogP contribution < -0.4 is 5.32 Å². The van der Waals surface area contributed by atoms with Crippen LogP contribution in [0.25, 0.3) is 0 Å². The van der Waals surface area contributed by atoms with Crippen molar-refractivity contribution < 1.29 is 8.78 Å². The molecule has 0 amide bonds. The van der Waals surface area contributed by atoms with E-state index >= 15 is 0 Å². The van der Waals surface area contributed by atoms with E-state index in [9.17, 15) is 8.78 Å². The van der Waals surface area contributed by atoms with Crippen molar-refractivity contribution in [1.82, 2.24) is 10.2 Å². The van der Waals surface area contributed by atoms with Crippen LogP contribution in [-0.4, -0.2) is 30.6 Å². The summed E-state index contributed by atoms with van der Waals surface area (Å²) in [5.74, 6) is -0.331. The third kappa shape index (κ3) is 4.73. The molecular formula is C16H23BrF2N2. The quantitative estimate of drug-likeness (QED) is 0.818. The molecule has 2 nitrogen and oxygen atoms in total. The molecule has 1 aliphatic heterocycles. The highest BCUT2D eigenvalue weighted by molar-refractivity contribution is 9.10. The smallest absolute Gasteiger partial charge is 0.144 e. The van der Waals surface area contributed by atoms with Crippen molar-refractivity contribution in [2.45, 2.75) is 39.3 Å². The zero-order valence-corrected chi connectivity index (χ0v) is 14.2. The topological polar surface area (TPSA) is 15.3 Å². The number of benzene rings is 1. The van der Waals surface area contributed by atoms with Gasteiger partial charge in [0.05, 0.1) is 4.47 Å². The van der Waals surface area contributed by atoms with Crippen LogP contribution in [0.1, 0.15) is 32.3 Å². The molecule has 0 saturated carbocycles. The number of halogens is 3. The van der Waals surface area contributed by atoms with Crippen molar-refractivity contribution in [3.8, 4) is 0 Å². The molecule has 1 saturated heterocycles. The highest BCUT2D eigenvalue weighted by atomic mass is 79.9. The summed E-state index contributed by atoms with van der Waals surface area (Å²) in [7, 11) is 0. The standard InChI is InChI=1S/C16H23BrF2N2/c1-11(2)8-12-9-21(7-3-6-20-12)10-13-15(18)5-4-14(17)16(13)19/h4-5,11-12,20H,3,6-10H2,1-2H3. The molecular weight excluding hydrogens is 338 g/mol. The molecule has 1 atom stereocenters.